The van der Waals surface area contributed by atoms with Crippen LogP contribution in [0.25, 0.3) is 0 Å². The van der Waals surface area contributed by atoms with Crippen LogP contribution in [0.4, 0.5) is 8.78 Å². The molecule has 0 unspecified atom stereocenters. The number of carbonyl (C=O) groups excluding carboxylic acids is 1. The van der Waals surface area contributed by atoms with Gasteiger partial charge < -0.3 is 4.90 Å². The molecule has 1 amide bonds. The SMILES string of the molecule is O=C(c1cc(F)c(Cl)c(Br)c1)N1CCC(F)CC1. The van der Waals surface area contributed by atoms with Crippen molar-refractivity contribution in [3.05, 3.63) is 33.0 Å². The minimum absolute atomic E-state index is 0.0472. The van der Waals surface area contributed by atoms with E-state index >= 15 is 0 Å². The smallest absolute Gasteiger partial charge is 0.254 e. The lowest BCUT2D eigenvalue weighted by atomic mass is 10.1. The summed E-state index contributed by atoms with van der Waals surface area (Å²) in [6, 6.07) is 2.59. The third kappa shape index (κ3) is 2.83. The molecule has 1 heterocycles. The third-order valence-corrected chi connectivity index (χ3v) is 4.18. The van der Waals surface area contributed by atoms with Crippen LogP contribution >= 0.6 is 27.5 Å². The fourth-order valence-corrected chi connectivity index (χ4v) is 2.46. The van der Waals surface area contributed by atoms with E-state index in [2.05, 4.69) is 15.9 Å². The molecule has 0 spiro atoms. The van der Waals surface area contributed by atoms with Gasteiger partial charge in [0.2, 0.25) is 0 Å². The second kappa shape index (κ2) is 5.53. The molecular weight excluding hydrogens is 327 g/mol. The summed E-state index contributed by atoms with van der Waals surface area (Å²) in [5, 5.41) is -0.0472. The van der Waals surface area contributed by atoms with Crippen LogP contribution in [0.15, 0.2) is 16.6 Å². The lowest BCUT2D eigenvalue weighted by Crippen LogP contribution is -2.39. The zero-order chi connectivity index (χ0) is 13.3. The van der Waals surface area contributed by atoms with Crippen LogP contribution in [0.2, 0.25) is 5.02 Å². The van der Waals surface area contributed by atoms with E-state index in [1.165, 1.54) is 11.0 Å². The molecule has 0 radical (unpaired) electrons. The van der Waals surface area contributed by atoms with Gasteiger partial charge in [0, 0.05) is 23.1 Å². The molecule has 1 aromatic rings. The number of hydrogen-bond acceptors (Lipinski definition) is 1. The first-order valence-electron chi connectivity index (χ1n) is 5.57. The topological polar surface area (TPSA) is 20.3 Å². The summed E-state index contributed by atoms with van der Waals surface area (Å²) in [6.07, 6.45) is -0.172. The van der Waals surface area contributed by atoms with Crippen LogP contribution in [0.1, 0.15) is 23.2 Å². The Morgan fingerprint density at radius 1 is 1.39 bits per heavy atom. The molecule has 1 aliphatic rings. The third-order valence-electron chi connectivity index (χ3n) is 2.94. The Labute approximate surface area is 117 Å². The maximum atomic E-state index is 13.4. The summed E-state index contributed by atoms with van der Waals surface area (Å²) in [7, 11) is 0. The van der Waals surface area contributed by atoms with Crippen LogP contribution in [0.5, 0.6) is 0 Å². The Hall–Kier alpha value is -0.680. The van der Waals surface area contributed by atoms with Gasteiger partial charge in [-0.25, -0.2) is 8.78 Å². The molecule has 98 valence electrons. The van der Waals surface area contributed by atoms with Gasteiger partial charge in [0.05, 0.1) is 5.02 Å². The fraction of sp³-hybridized carbons (Fsp3) is 0.417. The van der Waals surface area contributed by atoms with E-state index in [1.807, 2.05) is 0 Å². The van der Waals surface area contributed by atoms with Crippen molar-refractivity contribution in [1.82, 2.24) is 4.90 Å². The standard InChI is InChI=1S/C12H11BrClF2NO/c13-9-5-7(6-10(16)11(9)14)12(18)17-3-1-8(15)2-4-17/h5-6,8H,1-4H2. The predicted molar refractivity (Wildman–Crippen MR) is 69.1 cm³/mol. The fourth-order valence-electron chi connectivity index (χ4n) is 1.91. The first kappa shape index (κ1) is 13.7. The summed E-state index contributed by atoms with van der Waals surface area (Å²) in [4.78, 5) is 13.6. The number of rotatable bonds is 1. The van der Waals surface area contributed by atoms with Gasteiger partial charge in [-0.05, 0) is 40.9 Å². The van der Waals surface area contributed by atoms with Crippen molar-refractivity contribution < 1.29 is 13.6 Å². The van der Waals surface area contributed by atoms with Gasteiger partial charge in [-0.1, -0.05) is 11.6 Å². The highest BCUT2D eigenvalue weighted by Crippen LogP contribution is 2.28. The molecule has 1 aliphatic heterocycles. The Morgan fingerprint density at radius 3 is 2.56 bits per heavy atom. The van der Waals surface area contributed by atoms with Gasteiger partial charge in [0.25, 0.3) is 5.91 Å². The normalized spacial score (nSPS) is 17.0. The quantitative estimate of drug-likeness (QED) is 0.713. The minimum atomic E-state index is -0.845. The molecule has 18 heavy (non-hydrogen) atoms. The number of piperidine rings is 1. The van der Waals surface area contributed by atoms with E-state index in [0.717, 1.165) is 6.07 Å². The number of halogens is 4. The average molecular weight is 339 g/mol. The minimum Gasteiger partial charge on any atom is -0.338 e. The van der Waals surface area contributed by atoms with Crippen molar-refractivity contribution in [2.24, 2.45) is 0 Å². The average Bonchev–Trinajstić information content (AvgIpc) is 2.35. The van der Waals surface area contributed by atoms with Crippen molar-refractivity contribution in [3.63, 3.8) is 0 Å². The van der Waals surface area contributed by atoms with Gasteiger partial charge in [-0.3, -0.25) is 4.79 Å². The summed E-state index contributed by atoms with van der Waals surface area (Å²) >= 11 is 8.76. The van der Waals surface area contributed by atoms with Gasteiger partial charge >= 0.3 is 0 Å². The van der Waals surface area contributed by atoms with E-state index in [9.17, 15) is 13.6 Å². The maximum Gasteiger partial charge on any atom is 0.254 e. The maximum absolute atomic E-state index is 13.4. The zero-order valence-electron chi connectivity index (χ0n) is 9.43. The van der Waals surface area contributed by atoms with Crippen LogP contribution in [-0.2, 0) is 0 Å². The summed E-state index contributed by atoms with van der Waals surface area (Å²) in [5.74, 6) is -0.937. The highest BCUT2D eigenvalue weighted by molar-refractivity contribution is 9.10. The molecule has 1 aromatic carbocycles. The molecule has 0 saturated carbocycles. The van der Waals surface area contributed by atoms with Crippen molar-refractivity contribution in [1.29, 1.82) is 0 Å². The molecule has 2 nitrogen and oxygen atoms in total. The van der Waals surface area contributed by atoms with Gasteiger partial charge in [-0.15, -0.1) is 0 Å². The molecule has 6 heteroatoms. The van der Waals surface area contributed by atoms with Crippen LogP contribution in [-0.4, -0.2) is 30.1 Å². The highest BCUT2D eigenvalue weighted by atomic mass is 79.9. The van der Waals surface area contributed by atoms with Crippen LogP contribution in [0, 0.1) is 5.82 Å². The van der Waals surface area contributed by atoms with Crippen LogP contribution < -0.4 is 0 Å². The second-order valence-electron chi connectivity index (χ2n) is 4.22. The zero-order valence-corrected chi connectivity index (χ0v) is 11.8. The molecule has 0 aliphatic carbocycles. The van der Waals surface area contributed by atoms with Crippen LogP contribution in [0.3, 0.4) is 0 Å². The largest absolute Gasteiger partial charge is 0.338 e. The molecule has 0 atom stereocenters. The highest BCUT2D eigenvalue weighted by Gasteiger charge is 2.24. The summed E-state index contributed by atoms with van der Waals surface area (Å²) < 4.78 is 26.8. The molecule has 0 aromatic heterocycles. The lowest BCUT2D eigenvalue weighted by molar-refractivity contribution is 0.0666. The number of amides is 1. The van der Waals surface area contributed by atoms with E-state index in [1.54, 1.807) is 0 Å². The first-order chi connectivity index (χ1) is 8.49. The van der Waals surface area contributed by atoms with Crippen molar-refractivity contribution >= 4 is 33.4 Å². The van der Waals surface area contributed by atoms with Gasteiger partial charge in [0.15, 0.2) is 0 Å². The number of alkyl halides is 1. The van der Waals surface area contributed by atoms with E-state index in [0.29, 0.717) is 30.4 Å². The van der Waals surface area contributed by atoms with Crippen molar-refractivity contribution in [2.75, 3.05) is 13.1 Å². The number of carbonyl (C=O) groups is 1. The number of benzene rings is 1. The lowest BCUT2D eigenvalue weighted by Gasteiger charge is -2.28. The van der Waals surface area contributed by atoms with Gasteiger partial charge in [0.1, 0.15) is 12.0 Å². The first-order valence-corrected chi connectivity index (χ1v) is 6.74. The van der Waals surface area contributed by atoms with Crippen molar-refractivity contribution in [3.8, 4) is 0 Å². The monoisotopic (exact) mass is 337 g/mol. The summed E-state index contributed by atoms with van der Waals surface area (Å²) in [6.45, 7) is 0.726. The van der Waals surface area contributed by atoms with E-state index < -0.39 is 12.0 Å². The Balaban J connectivity index is 2.19. The van der Waals surface area contributed by atoms with E-state index in [-0.39, 0.29) is 16.5 Å². The molecule has 0 N–H and O–H groups in total. The Morgan fingerprint density at radius 2 is 2.00 bits per heavy atom. The Bertz CT molecular complexity index is 452. The van der Waals surface area contributed by atoms with Gasteiger partial charge in [-0.2, -0.15) is 0 Å². The predicted octanol–water partition coefficient (Wildman–Crippen LogP) is 3.82. The number of nitrogens with zero attached hydrogens (tertiary/aromatic N) is 1. The molecular formula is C12H11BrClF2NO. The molecule has 0 bridgehead atoms. The second-order valence-corrected chi connectivity index (χ2v) is 5.45. The number of likely N-dealkylation sites (tertiary alicyclic amines) is 1. The molecule has 2 rings (SSSR count). The molecule has 1 saturated heterocycles. The Kier molecular flexibility index (Phi) is 4.22. The van der Waals surface area contributed by atoms with E-state index in [4.69, 9.17) is 11.6 Å². The number of hydrogen-bond donors (Lipinski definition) is 0. The summed E-state index contributed by atoms with van der Waals surface area (Å²) in [5.41, 5.74) is 0.223. The molecule has 1 fully saturated rings. The van der Waals surface area contributed by atoms with Crippen molar-refractivity contribution in [2.45, 2.75) is 19.0 Å².